The molecule has 2 aromatic carbocycles. The Bertz CT molecular complexity index is 568. The van der Waals surface area contributed by atoms with Gasteiger partial charge < -0.3 is 19.0 Å². The molecule has 0 spiro atoms. The van der Waals surface area contributed by atoms with Crippen LogP contribution in [0.15, 0.2) is 60.7 Å². The summed E-state index contributed by atoms with van der Waals surface area (Å²) in [7, 11) is 2.29. The normalized spacial score (nSPS) is 12.3. The van der Waals surface area contributed by atoms with Gasteiger partial charge in [0.2, 0.25) is 0 Å². The number of hydrogen-bond acceptors (Lipinski definition) is 4. The summed E-state index contributed by atoms with van der Waals surface area (Å²) in [5.41, 5.74) is 8.97. The van der Waals surface area contributed by atoms with Gasteiger partial charge in [-0.1, -0.05) is 60.7 Å². The Kier molecular flexibility index (Phi) is 7.34. The van der Waals surface area contributed by atoms with Gasteiger partial charge in [0.05, 0.1) is 0 Å². The molecule has 0 saturated heterocycles. The first-order valence-corrected chi connectivity index (χ1v) is 10.5. The number of hydrogen-bond donors (Lipinski definition) is 1. The molecule has 25 heavy (non-hydrogen) atoms. The minimum absolute atomic E-state index is 0.392. The third kappa shape index (κ3) is 5.76. The highest BCUT2D eigenvalue weighted by Crippen LogP contribution is 2.26. The second-order valence-electron chi connectivity index (χ2n) is 6.48. The zero-order chi connectivity index (χ0) is 18.2. The standard InChI is InChI=1S/C20H29NO3Si/c1-22-25(23-2,24-3)15-14-20(21,16-18-10-6-4-7-11-18)17-19-12-8-5-9-13-19/h4-13H,14-17,21H2,1-3H3. The van der Waals surface area contributed by atoms with Crippen LogP contribution < -0.4 is 5.73 Å². The fourth-order valence-corrected chi connectivity index (χ4v) is 5.12. The minimum Gasteiger partial charge on any atom is -0.377 e. The third-order valence-electron chi connectivity index (χ3n) is 4.66. The highest BCUT2D eigenvalue weighted by Gasteiger charge is 2.40. The van der Waals surface area contributed by atoms with Gasteiger partial charge in [-0.3, -0.25) is 0 Å². The smallest absolute Gasteiger partial charge is 0.377 e. The van der Waals surface area contributed by atoms with Crippen molar-refractivity contribution in [3.05, 3.63) is 71.8 Å². The molecule has 0 radical (unpaired) electrons. The zero-order valence-corrected chi connectivity index (χ0v) is 16.4. The maximum absolute atomic E-state index is 6.89. The van der Waals surface area contributed by atoms with E-state index in [0.717, 1.165) is 19.3 Å². The first kappa shape index (κ1) is 19.8. The Labute approximate surface area is 152 Å². The van der Waals surface area contributed by atoms with Gasteiger partial charge in [-0.15, -0.1) is 0 Å². The summed E-state index contributed by atoms with van der Waals surface area (Å²) in [5, 5.41) is 0. The lowest BCUT2D eigenvalue weighted by atomic mass is 9.83. The molecule has 2 rings (SSSR count). The van der Waals surface area contributed by atoms with E-state index in [0.29, 0.717) is 6.04 Å². The predicted molar refractivity (Wildman–Crippen MR) is 103 cm³/mol. The van der Waals surface area contributed by atoms with Gasteiger partial charge in [0.1, 0.15) is 0 Å². The van der Waals surface area contributed by atoms with Gasteiger partial charge in [0.15, 0.2) is 0 Å². The monoisotopic (exact) mass is 359 g/mol. The topological polar surface area (TPSA) is 53.7 Å². The van der Waals surface area contributed by atoms with Crippen LogP contribution in [-0.4, -0.2) is 35.7 Å². The molecule has 0 saturated carbocycles. The highest BCUT2D eigenvalue weighted by molar-refractivity contribution is 6.60. The average Bonchev–Trinajstić information content (AvgIpc) is 2.65. The molecule has 0 bridgehead atoms. The maximum atomic E-state index is 6.89. The van der Waals surface area contributed by atoms with Crippen LogP contribution in [0.4, 0.5) is 0 Å². The van der Waals surface area contributed by atoms with Crippen molar-refractivity contribution in [1.29, 1.82) is 0 Å². The van der Waals surface area contributed by atoms with Gasteiger partial charge in [0, 0.05) is 32.9 Å². The maximum Gasteiger partial charge on any atom is 0.500 e. The van der Waals surface area contributed by atoms with Crippen LogP contribution >= 0.6 is 0 Å². The molecule has 0 aliphatic heterocycles. The van der Waals surface area contributed by atoms with Crippen molar-refractivity contribution >= 4 is 8.80 Å². The van der Waals surface area contributed by atoms with E-state index in [1.165, 1.54) is 11.1 Å². The van der Waals surface area contributed by atoms with Crippen LogP contribution in [-0.2, 0) is 26.1 Å². The second-order valence-corrected chi connectivity index (χ2v) is 9.57. The molecule has 0 unspecified atom stereocenters. The average molecular weight is 360 g/mol. The molecule has 0 heterocycles. The Hall–Kier alpha value is -1.50. The van der Waals surface area contributed by atoms with Crippen molar-refractivity contribution in [1.82, 2.24) is 0 Å². The molecule has 5 heteroatoms. The Morgan fingerprint density at radius 1 is 0.760 bits per heavy atom. The summed E-state index contributed by atoms with van der Waals surface area (Å²) in [5.74, 6) is 0. The number of rotatable bonds is 10. The molecule has 0 aromatic heterocycles. The third-order valence-corrected chi connectivity index (χ3v) is 7.39. The molecule has 0 aliphatic carbocycles. The summed E-state index contributed by atoms with van der Waals surface area (Å²) in [6.45, 7) is 0. The van der Waals surface area contributed by atoms with E-state index in [1.54, 1.807) is 21.3 Å². The summed E-state index contributed by atoms with van der Waals surface area (Å²) in [6.07, 6.45) is 2.35. The fraction of sp³-hybridized carbons (Fsp3) is 0.400. The van der Waals surface area contributed by atoms with Crippen molar-refractivity contribution in [2.45, 2.75) is 30.8 Å². The molecular formula is C20H29NO3Si. The lowest BCUT2D eigenvalue weighted by molar-refractivity contribution is 0.120. The largest absolute Gasteiger partial charge is 0.500 e. The molecule has 4 nitrogen and oxygen atoms in total. The predicted octanol–water partition coefficient (Wildman–Crippen LogP) is 3.44. The van der Waals surface area contributed by atoms with E-state index >= 15 is 0 Å². The Morgan fingerprint density at radius 3 is 1.52 bits per heavy atom. The van der Waals surface area contributed by atoms with Crippen LogP contribution in [0.2, 0.25) is 6.04 Å². The van der Waals surface area contributed by atoms with E-state index in [2.05, 4.69) is 48.5 Å². The summed E-state index contributed by atoms with van der Waals surface area (Å²) < 4.78 is 16.7. The Morgan fingerprint density at radius 2 is 1.16 bits per heavy atom. The Balaban J connectivity index is 2.19. The fourth-order valence-electron chi connectivity index (χ4n) is 3.20. The van der Waals surface area contributed by atoms with Crippen molar-refractivity contribution < 1.29 is 13.3 Å². The van der Waals surface area contributed by atoms with Crippen LogP contribution in [0.5, 0.6) is 0 Å². The molecule has 0 fully saturated rings. The van der Waals surface area contributed by atoms with Crippen molar-refractivity contribution in [3.63, 3.8) is 0 Å². The zero-order valence-electron chi connectivity index (χ0n) is 15.4. The van der Waals surface area contributed by atoms with Crippen molar-refractivity contribution in [2.75, 3.05) is 21.3 Å². The van der Waals surface area contributed by atoms with E-state index in [1.807, 2.05) is 12.1 Å². The van der Waals surface area contributed by atoms with Crippen molar-refractivity contribution in [3.8, 4) is 0 Å². The van der Waals surface area contributed by atoms with Gasteiger partial charge >= 0.3 is 8.80 Å². The summed E-state index contributed by atoms with van der Waals surface area (Å²) in [6, 6.07) is 21.4. The molecule has 136 valence electrons. The van der Waals surface area contributed by atoms with Crippen LogP contribution in [0.3, 0.4) is 0 Å². The van der Waals surface area contributed by atoms with Gasteiger partial charge in [-0.2, -0.15) is 0 Å². The molecule has 2 aromatic rings. The summed E-state index contributed by atoms with van der Waals surface area (Å²) >= 11 is 0. The molecule has 2 N–H and O–H groups in total. The van der Waals surface area contributed by atoms with E-state index in [4.69, 9.17) is 19.0 Å². The SMILES string of the molecule is CO[Si](CCC(N)(Cc1ccccc1)Cc1ccccc1)(OC)OC. The first-order valence-electron chi connectivity index (χ1n) is 8.57. The quantitative estimate of drug-likeness (QED) is 0.660. The summed E-state index contributed by atoms with van der Waals surface area (Å²) in [4.78, 5) is 0. The molecule has 0 atom stereocenters. The number of nitrogens with two attached hydrogens (primary N) is 1. The van der Waals surface area contributed by atoms with Crippen LogP contribution in [0, 0.1) is 0 Å². The van der Waals surface area contributed by atoms with E-state index in [9.17, 15) is 0 Å². The highest BCUT2D eigenvalue weighted by atomic mass is 28.4. The van der Waals surface area contributed by atoms with Gasteiger partial charge in [0.25, 0.3) is 0 Å². The lowest BCUT2D eigenvalue weighted by Gasteiger charge is -2.33. The van der Waals surface area contributed by atoms with E-state index in [-0.39, 0.29) is 0 Å². The van der Waals surface area contributed by atoms with Gasteiger partial charge in [-0.25, -0.2) is 0 Å². The van der Waals surface area contributed by atoms with Gasteiger partial charge in [-0.05, 0) is 30.4 Å². The molecule has 0 amide bonds. The minimum atomic E-state index is -2.64. The number of benzene rings is 2. The van der Waals surface area contributed by atoms with Crippen LogP contribution in [0.25, 0.3) is 0 Å². The second kappa shape index (κ2) is 9.27. The first-order chi connectivity index (χ1) is 12.0. The van der Waals surface area contributed by atoms with E-state index < -0.39 is 14.3 Å². The van der Waals surface area contributed by atoms with Crippen molar-refractivity contribution in [2.24, 2.45) is 5.73 Å². The molecule has 0 aliphatic rings. The molecular weight excluding hydrogens is 330 g/mol. The lowest BCUT2D eigenvalue weighted by Crippen LogP contribution is -2.49. The van der Waals surface area contributed by atoms with Crippen LogP contribution in [0.1, 0.15) is 17.5 Å².